The van der Waals surface area contributed by atoms with E-state index in [1.54, 1.807) is 26.2 Å². The third kappa shape index (κ3) is 4.13. The first-order chi connectivity index (χ1) is 9.53. The molecule has 1 aromatic carbocycles. The van der Waals surface area contributed by atoms with Crippen LogP contribution < -0.4 is 9.47 Å². The van der Waals surface area contributed by atoms with Crippen molar-refractivity contribution in [2.45, 2.75) is 13.3 Å². The molecule has 0 radical (unpaired) electrons. The molecule has 1 rings (SSSR count). The highest BCUT2D eigenvalue weighted by atomic mass is 16.5. The van der Waals surface area contributed by atoms with Gasteiger partial charge in [-0.2, -0.15) is 0 Å². The second-order valence-corrected chi connectivity index (χ2v) is 4.78. The molecule has 0 aliphatic heterocycles. The summed E-state index contributed by atoms with van der Waals surface area (Å²) in [4.78, 5) is 13.6. The minimum absolute atomic E-state index is 0.0221. The number of carbonyl (C=O) groups is 1. The Morgan fingerprint density at radius 3 is 2.50 bits per heavy atom. The molecule has 1 aromatic rings. The quantitative estimate of drug-likeness (QED) is 0.819. The van der Waals surface area contributed by atoms with Crippen LogP contribution in [0.5, 0.6) is 11.5 Å². The van der Waals surface area contributed by atoms with Crippen LogP contribution in [0.1, 0.15) is 12.5 Å². The molecule has 1 amide bonds. The lowest BCUT2D eigenvalue weighted by atomic mass is 9.99. The van der Waals surface area contributed by atoms with E-state index in [4.69, 9.17) is 14.6 Å². The topological polar surface area (TPSA) is 59.0 Å². The molecule has 0 spiro atoms. The molecule has 5 heteroatoms. The third-order valence-electron chi connectivity index (χ3n) is 3.22. The van der Waals surface area contributed by atoms with Gasteiger partial charge in [0, 0.05) is 19.5 Å². The fraction of sp³-hybridized carbons (Fsp3) is 0.533. The second kappa shape index (κ2) is 7.75. The number of rotatable bonds is 7. The number of methoxy groups -OCH3 is 2. The minimum atomic E-state index is -0.148. The average molecular weight is 281 g/mol. The first kappa shape index (κ1) is 16.3. The van der Waals surface area contributed by atoms with Crippen molar-refractivity contribution in [3.8, 4) is 11.5 Å². The van der Waals surface area contributed by atoms with E-state index < -0.39 is 0 Å². The van der Waals surface area contributed by atoms with Gasteiger partial charge < -0.3 is 19.5 Å². The lowest BCUT2D eigenvalue weighted by Gasteiger charge is -2.20. The number of aliphatic hydroxyl groups is 1. The number of nitrogens with zero attached hydrogens (tertiary/aromatic N) is 1. The Labute approximate surface area is 120 Å². The Kier molecular flexibility index (Phi) is 6.31. The van der Waals surface area contributed by atoms with Crippen LogP contribution in [0.15, 0.2) is 18.2 Å². The maximum atomic E-state index is 12.1. The zero-order valence-corrected chi connectivity index (χ0v) is 12.5. The summed E-state index contributed by atoms with van der Waals surface area (Å²) >= 11 is 0. The van der Waals surface area contributed by atoms with Gasteiger partial charge in [-0.15, -0.1) is 0 Å². The third-order valence-corrected chi connectivity index (χ3v) is 3.22. The van der Waals surface area contributed by atoms with Crippen LogP contribution in [0.4, 0.5) is 0 Å². The van der Waals surface area contributed by atoms with Crippen molar-refractivity contribution in [1.29, 1.82) is 0 Å². The van der Waals surface area contributed by atoms with E-state index in [2.05, 4.69) is 0 Å². The Morgan fingerprint density at radius 1 is 1.30 bits per heavy atom. The van der Waals surface area contributed by atoms with Gasteiger partial charge in [0.2, 0.25) is 5.91 Å². The van der Waals surface area contributed by atoms with E-state index in [0.717, 1.165) is 5.56 Å². The lowest BCUT2D eigenvalue weighted by molar-refractivity contribution is -0.134. The smallest absolute Gasteiger partial charge is 0.225 e. The second-order valence-electron chi connectivity index (χ2n) is 4.78. The largest absolute Gasteiger partial charge is 0.493 e. The number of ether oxygens (including phenoxy) is 2. The molecule has 0 aromatic heterocycles. The van der Waals surface area contributed by atoms with Crippen LogP contribution in [0, 0.1) is 5.92 Å². The number of carbonyl (C=O) groups excluding carboxylic acids is 1. The van der Waals surface area contributed by atoms with Crippen LogP contribution in [0.25, 0.3) is 0 Å². The van der Waals surface area contributed by atoms with Gasteiger partial charge in [0.05, 0.1) is 20.8 Å². The standard InChI is InChI=1S/C15H23NO4/c1-11(15(18)16(2)7-8-17)9-12-5-6-13(19-3)14(10-12)20-4/h5-6,10-11,17H,7-9H2,1-4H3. The monoisotopic (exact) mass is 281 g/mol. The fourth-order valence-corrected chi connectivity index (χ4v) is 2.08. The van der Waals surface area contributed by atoms with E-state index in [1.165, 1.54) is 0 Å². The molecule has 0 heterocycles. The van der Waals surface area contributed by atoms with E-state index in [0.29, 0.717) is 24.5 Å². The molecule has 0 bridgehead atoms. The number of hydrogen-bond donors (Lipinski definition) is 1. The molecular weight excluding hydrogens is 258 g/mol. The number of benzene rings is 1. The molecular formula is C15H23NO4. The van der Waals surface area contributed by atoms with Crippen molar-refractivity contribution >= 4 is 5.91 Å². The van der Waals surface area contributed by atoms with Gasteiger partial charge in [-0.1, -0.05) is 13.0 Å². The molecule has 20 heavy (non-hydrogen) atoms. The van der Waals surface area contributed by atoms with Crippen LogP contribution in [-0.2, 0) is 11.2 Å². The Morgan fingerprint density at radius 2 is 1.95 bits per heavy atom. The van der Waals surface area contributed by atoms with Crippen molar-refractivity contribution in [2.75, 3.05) is 34.4 Å². The first-order valence-electron chi connectivity index (χ1n) is 6.60. The van der Waals surface area contributed by atoms with Gasteiger partial charge in [-0.3, -0.25) is 4.79 Å². The number of hydrogen-bond acceptors (Lipinski definition) is 4. The summed E-state index contributed by atoms with van der Waals surface area (Å²) in [7, 11) is 4.88. The number of aliphatic hydroxyl groups excluding tert-OH is 1. The molecule has 0 fully saturated rings. The van der Waals surface area contributed by atoms with E-state index in [9.17, 15) is 4.79 Å². The number of likely N-dealkylation sites (N-methyl/N-ethyl adjacent to an activating group) is 1. The predicted octanol–water partition coefficient (Wildman–Crippen LogP) is 1.33. The van der Waals surface area contributed by atoms with Crippen LogP contribution in [0.2, 0.25) is 0 Å². The van der Waals surface area contributed by atoms with Gasteiger partial charge >= 0.3 is 0 Å². The predicted molar refractivity (Wildman–Crippen MR) is 77.1 cm³/mol. The van der Waals surface area contributed by atoms with Crippen LogP contribution >= 0.6 is 0 Å². The normalized spacial score (nSPS) is 11.8. The Balaban J connectivity index is 2.75. The highest BCUT2D eigenvalue weighted by Gasteiger charge is 2.18. The molecule has 0 saturated heterocycles. The van der Waals surface area contributed by atoms with Crippen molar-refractivity contribution in [3.05, 3.63) is 23.8 Å². The van der Waals surface area contributed by atoms with Crippen molar-refractivity contribution in [2.24, 2.45) is 5.92 Å². The van der Waals surface area contributed by atoms with E-state index in [1.807, 2.05) is 25.1 Å². The van der Waals surface area contributed by atoms with Gasteiger partial charge in [0.25, 0.3) is 0 Å². The van der Waals surface area contributed by atoms with E-state index in [-0.39, 0.29) is 18.4 Å². The van der Waals surface area contributed by atoms with Gasteiger partial charge in [-0.05, 0) is 24.1 Å². The van der Waals surface area contributed by atoms with Crippen molar-refractivity contribution in [3.63, 3.8) is 0 Å². The Bertz CT molecular complexity index is 447. The van der Waals surface area contributed by atoms with Crippen LogP contribution in [0.3, 0.4) is 0 Å². The summed E-state index contributed by atoms with van der Waals surface area (Å²) in [6.45, 7) is 2.22. The van der Waals surface area contributed by atoms with E-state index >= 15 is 0 Å². The molecule has 1 atom stereocenters. The molecule has 0 aliphatic carbocycles. The molecule has 0 aliphatic rings. The number of amides is 1. The van der Waals surface area contributed by atoms with Gasteiger partial charge in [0.1, 0.15) is 0 Å². The lowest BCUT2D eigenvalue weighted by Crippen LogP contribution is -2.34. The highest BCUT2D eigenvalue weighted by Crippen LogP contribution is 2.28. The van der Waals surface area contributed by atoms with Crippen molar-refractivity contribution in [1.82, 2.24) is 4.90 Å². The highest BCUT2D eigenvalue weighted by molar-refractivity contribution is 5.78. The van der Waals surface area contributed by atoms with Crippen LogP contribution in [-0.4, -0.2) is 50.3 Å². The average Bonchev–Trinajstić information content (AvgIpc) is 2.46. The van der Waals surface area contributed by atoms with Crippen molar-refractivity contribution < 1.29 is 19.4 Å². The summed E-state index contributed by atoms with van der Waals surface area (Å²) in [5, 5.41) is 8.86. The fourth-order valence-electron chi connectivity index (χ4n) is 2.08. The molecule has 112 valence electrons. The first-order valence-corrected chi connectivity index (χ1v) is 6.60. The summed E-state index contributed by atoms with van der Waals surface area (Å²) in [5.41, 5.74) is 1.01. The molecule has 1 N–H and O–H groups in total. The molecule has 5 nitrogen and oxygen atoms in total. The SMILES string of the molecule is COc1ccc(CC(C)C(=O)N(C)CCO)cc1OC. The maximum Gasteiger partial charge on any atom is 0.225 e. The zero-order valence-electron chi connectivity index (χ0n) is 12.5. The zero-order chi connectivity index (χ0) is 15.1. The van der Waals surface area contributed by atoms with Gasteiger partial charge in [-0.25, -0.2) is 0 Å². The summed E-state index contributed by atoms with van der Waals surface area (Å²) in [5.74, 6) is 1.21. The minimum Gasteiger partial charge on any atom is -0.493 e. The summed E-state index contributed by atoms with van der Waals surface area (Å²) in [6.07, 6.45) is 0.620. The Hall–Kier alpha value is -1.75. The molecule has 0 saturated carbocycles. The molecule has 1 unspecified atom stereocenters. The summed E-state index contributed by atoms with van der Waals surface area (Å²) < 4.78 is 10.4. The van der Waals surface area contributed by atoms with Gasteiger partial charge in [0.15, 0.2) is 11.5 Å². The summed E-state index contributed by atoms with van der Waals surface area (Å²) in [6, 6.07) is 5.65. The maximum absolute atomic E-state index is 12.1.